The Morgan fingerprint density at radius 1 is 0.281 bits per heavy atom. The van der Waals surface area contributed by atoms with Gasteiger partial charge in [-0.15, -0.1) is 11.3 Å². The Hall–Kier alpha value is -8.39. The van der Waals surface area contributed by atoms with Gasteiger partial charge in [0.1, 0.15) is 33.5 Å². The van der Waals surface area contributed by atoms with Gasteiger partial charge >= 0.3 is 0 Å². The molecule has 0 fully saturated rings. The molecule has 0 unspecified atom stereocenters. The Balaban J connectivity index is 0.969. The summed E-state index contributed by atoms with van der Waals surface area (Å²) in [5.41, 5.74) is 11.8. The lowest BCUT2D eigenvalue weighted by Gasteiger charge is -2.10. The molecule has 0 aliphatic heterocycles. The quantitative estimate of drug-likeness (QED) is 0.172. The van der Waals surface area contributed by atoms with Crippen molar-refractivity contribution in [3.63, 3.8) is 0 Å². The Labute approximate surface area is 368 Å². The SMILES string of the molecule is c1ccc(-c2nc(-c3ccc4c(c3)oc3ccccc34)nc(-c3cccc4oc5ccc(-c6cc(-c7ccc8c(c7)sc7ccccc78)cc7oc8ccccc8c67)cc5c34)n2)cc1. The van der Waals surface area contributed by atoms with Crippen LogP contribution in [0.1, 0.15) is 0 Å². The van der Waals surface area contributed by atoms with Gasteiger partial charge in [-0.3, -0.25) is 0 Å². The van der Waals surface area contributed by atoms with Gasteiger partial charge in [-0.25, -0.2) is 15.0 Å². The van der Waals surface area contributed by atoms with Crippen LogP contribution >= 0.6 is 11.3 Å². The summed E-state index contributed by atoms with van der Waals surface area (Å²) in [5, 5.41) is 8.73. The molecule has 6 nitrogen and oxygen atoms in total. The van der Waals surface area contributed by atoms with Crippen molar-refractivity contribution < 1.29 is 13.3 Å². The molecular weight excluding hydrogens is 807 g/mol. The van der Waals surface area contributed by atoms with Crippen LogP contribution in [0.5, 0.6) is 0 Å². The zero-order valence-electron chi connectivity index (χ0n) is 33.9. The van der Waals surface area contributed by atoms with Crippen LogP contribution in [0.15, 0.2) is 201 Å². The monoisotopic (exact) mass is 837 g/mol. The number of hydrogen-bond acceptors (Lipinski definition) is 7. The first kappa shape index (κ1) is 35.2. The molecule has 0 aliphatic rings. The molecule has 5 aromatic heterocycles. The fraction of sp³-hybridized carbons (Fsp3) is 0. The van der Waals surface area contributed by atoms with Gasteiger partial charge in [-0.05, 0) is 89.0 Å². The molecule has 0 aliphatic carbocycles. The summed E-state index contributed by atoms with van der Waals surface area (Å²) in [6, 6.07) is 65.1. The largest absolute Gasteiger partial charge is 0.456 e. The molecule has 0 N–H and O–H groups in total. The van der Waals surface area contributed by atoms with Crippen LogP contribution in [-0.2, 0) is 0 Å². The van der Waals surface area contributed by atoms with Gasteiger partial charge < -0.3 is 13.3 Å². The maximum atomic E-state index is 6.62. The third kappa shape index (κ3) is 5.41. The van der Waals surface area contributed by atoms with Crippen molar-refractivity contribution in [1.82, 2.24) is 15.0 Å². The van der Waals surface area contributed by atoms with Crippen molar-refractivity contribution in [3.8, 4) is 56.4 Å². The molecule has 7 heteroatoms. The fourth-order valence-electron chi connectivity index (χ4n) is 9.54. The number of fused-ring (bicyclic) bond motifs is 12. The molecule has 0 radical (unpaired) electrons. The number of para-hydroxylation sites is 2. The number of nitrogens with zero attached hydrogens (tertiary/aromatic N) is 3. The summed E-state index contributed by atoms with van der Waals surface area (Å²) in [6.07, 6.45) is 0. The fourth-order valence-corrected chi connectivity index (χ4v) is 10.7. The number of hydrogen-bond donors (Lipinski definition) is 0. The predicted molar refractivity (Wildman–Crippen MR) is 262 cm³/mol. The Bertz CT molecular complexity index is 4210. The van der Waals surface area contributed by atoms with Crippen molar-refractivity contribution in [2.45, 2.75) is 0 Å². The number of aromatic nitrogens is 3. The van der Waals surface area contributed by atoms with Crippen molar-refractivity contribution in [3.05, 3.63) is 188 Å². The molecule has 14 aromatic rings. The van der Waals surface area contributed by atoms with Gasteiger partial charge in [-0.2, -0.15) is 0 Å². The summed E-state index contributed by atoms with van der Waals surface area (Å²) in [7, 11) is 0. The van der Waals surface area contributed by atoms with E-state index in [1.165, 1.54) is 20.2 Å². The minimum Gasteiger partial charge on any atom is -0.456 e. The van der Waals surface area contributed by atoms with E-state index in [-0.39, 0.29) is 0 Å². The second kappa shape index (κ2) is 13.6. The number of benzene rings is 9. The van der Waals surface area contributed by atoms with E-state index in [1.807, 2.05) is 90.2 Å². The molecule has 14 rings (SSSR count). The van der Waals surface area contributed by atoms with Crippen molar-refractivity contribution >= 4 is 97.3 Å². The molecule has 0 saturated carbocycles. The van der Waals surface area contributed by atoms with Gasteiger partial charge in [-0.1, -0.05) is 121 Å². The zero-order chi connectivity index (χ0) is 41.9. The first-order chi connectivity index (χ1) is 31.7. The third-order valence-electron chi connectivity index (χ3n) is 12.5. The Morgan fingerprint density at radius 2 is 0.875 bits per heavy atom. The third-order valence-corrected chi connectivity index (χ3v) is 13.7. The summed E-state index contributed by atoms with van der Waals surface area (Å²) in [6.45, 7) is 0. The highest BCUT2D eigenvalue weighted by atomic mass is 32.1. The highest BCUT2D eigenvalue weighted by Gasteiger charge is 2.21. The average Bonchev–Trinajstić information content (AvgIpc) is 4.13. The maximum Gasteiger partial charge on any atom is 0.164 e. The minimum atomic E-state index is 0.550. The lowest BCUT2D eigenvalue weighted by molar-refractivity contribution is 0.668. The van der Waals surface area contributed by atoms with Gasteiger partial charge in [0.25, 0.3) is 0 Å². The standard InChI is InChI=1S/C57H31N3O3S/c1-2-11-32(12-3-1)55-58-56(35-22-24-38-37-13-4-7-17-45(37)62-49(38)29-35)60-57(59-55)42-16-10-19-48-54(42)44-27-34(23-26-47(44)61-48)43-28-36(30-50-53(43)41-15-5-8-18-46(41)63-50)33-21-25-40-39-14-6-9-20-51(39)64-52(40)31-33/h1-31H. The summed E-state index contributed by atoms with van der Waals surface area (Å²) >= 11 is 1.83. The minimum absolute atomic E-state index is 0.550. The molecule has 9 aromatic carbocycles. The number of rotatable bonds is 5. The predicted octanol–water partition coefficient (Wildman–Crippen LogP) is 16.3. The van der Waals surface area contributed by atoms with E-state index in [1.54, 1.807) is 0 Å². The van der Waals surface area contributed by atoms with Crippen LogP contribution in [0, 0.1) is 0 Å². The highest BCUT2D eigenvalue weighted by Crippen LogP contribution is 2.45. The molecule has 5 heterocycles. The van der Waals surface area contributed by atoms with Gasteiger partial charge in [0, 0.05) is 69.2 Å². The topological polar surface area (TPSA) is 78.1 Å². The second-order valence-corrected chi connectivity index (χ2v) is 17.4. The van der Waals surface area contributed by atoms with Crippen molar-refractivity contribution in [2.24, 2.45) is 0 Å². The first-order valence-corrected chi connectivity index (χ1v) is 22.0. The van der Waals surface area contributed by atoms with Crippen LogP contribution in [0.25, 0.3) is 142 Å². The molecular formula is C57H31N3O3S. The first-order valence-electron chi connectivity index (χ1n) is 21.2. The molecule has 0 spiro atoms. The molecule has 298 valence electrons. The van der Waals surface area contributed by atoms with Crippen LogP contribution in [0.4, 0.5) is 0 Å². The van der Waals surface area contributed by atoms with Crippen LogP contribution < -0.4 is 0 Å². The smallest absolute Gasteiger partial charge is 0.164 e. The Morgan fingerprint density at radius 3 is 1.77 bits per heavy atom. The van der Waals surface area contributed by atoms with E-state index < -0.39 is 0 Å². The van der Waals surface area contributed by atoms with Gasteiger partial charge in [0.2, 0.25) is 0 Å². The molecule has 0 bridgehead atoms. The van der Waals surface area contributed by atoms with E-state index in [4.69, 9.17) is 28.2 Å². The zero-order valence-corrected chi connectivity index (χ0v) is 34.7. The summed E-state index contributed by atoms with van der Waals surface area (Å²) in [4.78, 5) is 15.4. The lowest BCUT2D eigenvalue weighted by Crippen LogP contribution is -2.00. The van der Waals surface area contributed by atoms with E-state index in [0.717, 1.165) is 105 Å². The molecule has 0 amide bonds. The van der Waals surface area contributed by atoms with E-state index in [9.17, 15) is 0 Å². The van der Waals surface area contributed by atoms with Crippen LogP contribution in [-0.4, -0.2) is 15.0 Å². The summed E-state index contributed by atoms with van der Waals surface area (Å²) < 4.78 is 22.1. The van der Waals surface area contributed by atoms with E-state index in [2.05, 4.69) is 109 Å². The molecule has 64 heavy (non-hydrogen) atoms. The van der Waals surface area contributed by atoms with Crippen LogP contribution in [0.2, 0.25) is 0 Å². The maximum absolute atomic E-state index is 6.62. The molecule has 0 saturated heterocycles. The summed E-state index contributed by atoms with van der Waals surface area (Å²) in [5.74, 6) is 1.68. The highest BCUT2D eigenvalue weighted by molar-refractivity contribution is 7.25. The Kier molecular flexibility index (Phi) is 7.46. The van der Waals surface area contributed by atoms with E-state index in [0.29, 0.717) is 17.5 Å². The van der Waals surface area contributed by atoms with Crippen LogP contribution in [0.3, 0.4) is 0 Å². The van der Waals surface area contributed by atoms with Gasteiger partial charge in [0.05, 0.1) is 0 Å². The van der Waals surface area contributed by atoms with E-state index >= 15 is 0 Å². The van der Waals surface area contributed by atoms with Gasteiger partial charge in [0.15, 0.2) is 17.5 Å². The second-order valence-electron chi connectivity index (χ2n) is 16.3. The van der Waals surface area contributed by atoms with Crippen molar-refractivity contribution in [1.29, 1.82) is 0 Å². The average molecular weight is 838 g/mol. The number of thiophene rings is 1. The lowest BCUT2D eigenvalue weighted by atomic mass is 9.93. The molecule has 0 atom stereocenters. The van der Waals surface area contributed by atoms with Crippen molar-refractivity contribution in [2.75, 3.05) is 0 Å². The number of furan rings is 3. The normalized spacial score (nSPS) is 12.1.